The van der Waals surface area contributed by atoms with Crippen molar-refractivity contribution in [3.05, 3.63) is 81.3 Å². The number of carbonyl (C=O) groups excluding carboxylic acids is 1. The van der Waals surface area contributed by atoms with Crippen molar-refractivity contribution in [1.29, 1.82) is 0 Å². The van der Waals surface area contributed by atoms with Gasteiger partial charge in [-0.05, 0) is 31.5 Å². The number of hydrogen-bond donors (Lipinski definition) is 1. The summed E-state index contributed by atoms with van der Waals surface area (Å²) in [4.78, 5) is 20.3. The molecule has 2 heterocycles. The Morgan fingerprint density at radius 3 is 2.75 bits per heavy atom. The second-order valence-corrected chi connectivity index (χ2v) is 9.13. The van der Waals surface area contributed by atoms with E-state index in [0.717, 1.165) is 36.1 Å². The summed E-state index contributed by atoms with van der Waals surface area (Å²) in [5, 5.41) is 3.81. The molecule has 1 N–H and O–H groups in total. The summed E-state index contributed by atoms with van der Waals surface area (Å²) in [7, 11) is 0. The van der Waals surface area contributed by atoms with Crippen molar-refractivity contribution >= 4 is 17.2 Å². The molecular weight excluding hydrogens is 422 g/mol. The quantitative estimate of drug-likeness (QED) is 0.562. The molecule has 0 radical (unpaired) electrons. The zero-order valence-electron chi connectivity index (χ0n) is 18.5. The summed E-state index contributed by atoms with van der Waals surface area (Å²) < 4.78 is 11.7. The third-order valence-electron chi connectivity index (χ3n) is 5.39. The summed E-state index contributed by atoms with van der Waals surface area (Å²) >= 11 is 1.38. The zero-order valence-corrected chi connectivity index (χ0v) is 19.4. The summed E-state index contributed by atoms with van der Waals surface area (Å²) in [6.07, 6.45) is -0.0195. The lowest BCUT2D eigenvalue weighted by atomic mass is 10.2. The van der Waals surface area contributed by atoms with Gasteiger partial charge in [0.25, 0.3) is 5.91 Å². The van der Waals surface area contributed by atoms with Gasteiger partial charge >= 0.3 is 0 Å². The van der Waals surface area contributed by atoms with Crippen LogP contribution in [0.15, 0.2) is 54.6 Å². The molecular formula is C25H29N3O3S. The molecule has 2 aromatic carbocycles. The van der Waals surface area contributed by atoms with Gasteiger partial charge in [0.05, 0.1) is 18.4 Å². The minimum Gasteiger partial charge on any atom is -0.486 e. The molecule has 1 atom stereocenters. The van der Waals surface area contributed by atoms with Crippen LogP contribution in [0.3, 0.4) is 0 Å². The topological polar surface area (TPSA) is 63.7 Å². The SMILES string of the molecule is Cc1ccc(OCc2nc(C)c(C(=O)NCC3CN(Cc4ccccc4)CCO3)s2)cc1. The van der Waals surface area contributed by atoms with E-state index in [2.05, 4.69) is 39.5 Å². The highest BCUT2D eigenvalue weighted by Gasteiger charge is 2.22. The molecule has 1 aromatic heterocycles. The lowest BCUT2D eigenvalue weighted by Gasteiger charge is -2.33. The predicted molar refractivity (Wildman–Crippen MR) is 126 cm³/mol. The van der Waals surface area contributed by atoms with Gasteiger partial charge in [0.15, 0.2) is 0 Å². The number of nitrogens with one attached hydrogen (secondary N) is 1. The third-order valence-corrected chi connectivity index (χ3v) is 6.52. The average molecular weight is 452 g/mol. The number of amides is 1. The fourth-order valence-corrected chi connectivity index (χ4v) is 4.57. The van der Waals surface area contributed by atoms with Gasteiger partial charge in [-0.2, -0.15) is 0 Å². The number of benzene rings is 2. The van der Waals surface area contributed by atoms with E-state index < -0.39 is 0 Å². The third kappa shape index (κ3) is 6.16. The highest BCUT2D eigenvalue weighted by atomic mass is 32.1. The van der Waals surface area contributed by atoms with Crippen LogP contribution in [-0.4, -0.2) is 48.1 Å². The van der Waals surface area contributed by atoms with Crippen LogP contribution >= 0.6 is 11.3 Å². The van der Waals surface area contributed by atoms with Crippen LogP contribution in [0, 0.1) is 13.8 Å². The maximum Gasteiger partial charge on any atom is 0.263 e. The van der Waals surface area contributed by atoms with Gasteiger partial charge in [-0.1, -0.05) is 48.0 Å². The van der Waals surface area contributed by atoms with Crippen LogP contribution in [-0.2, 0) is 17.9 Å². The van der Waals surface area contributed by atoms with Gasteiger partial charge in [-0.15, -0.1) is 11.3 Å². The molecule has 1 unspecified atom stereocenters. The van der Waals surface area contributed by atoms with Crippen LogP contribution < -0.4 is 10.1 Å². The molecule has 1 amide bonds. The molecule has 1 aliphatic rings. The largest absolute Gasteiger partial charge is 0.486 e. The molecule has 0 aliphatic carbocycles. The first-order valence-electron chi connectivity index (χ1n) is 10.9. The maximum atomic E-state index is 12.8. The molecule has 32 heavy (non-hydrogen) atoms. The van der Waals surface area contributed by atoms with Crippen LogP contribution in [0.4, 0.5) is 0 Å². The lowest BCUT2D eigenvalue weighted by Crippen LogP contribution is -2.47. The second-order valence-electron chi connectivity index (χ2n) is 8.05. The standard InChI is InChI=1S/C25H29N3O3S/c1-18-8-10-21(11-9-18)31-17-23-27-19(2)24(32-23)25(29)26-14-22-16-28(12-13-30-22)15-20-6-4-3-5-7-20/h3-11,22H,12-17H2,1-2H3,(H,26,29). The fourth-order valence-electron chi connectivity index (χ4n) is 3.68. The molecule has 1 saturated heterocycles. The average Bonchev–Trinajstić information content (AvgIpc) is 3.18. The molecule has 4 rings (SSSR count). The van der Waals surface area contributed by atoms with Gasteiger partial charge in [0.1, 0.15) is 22.2 Å². The number of morpholine rings is 1. The summed E-state index contributed by atoms with van der Waals surface area (Å²) in [6.45, 7) is 8.00. The minimum absolute atomic E-state index is 0.0195. The van der Waals surface area contributed by atoms with Crippen LogP contribution in [0.2, 0.25) is 0 Å². The van der Waals surface area contributed by atoms with Crippen molar-refractivity contribution in [3.8, 4) is 5.75 Å². The zero-order chi connectivity index (χ0) is 22.3. The van der Waals surface area contributed by atoms with E-state index in [-0.39, 0.29) is 12.0 Å². The van der Waals surface area contributed by atoms with E-state index in [0.29, 0.717) is 24.6 Å². The summed E-state index contributed by atoms with van der Waals surface area (Å²) in [5.41, 5.74) is 3.20. The van der Waals surface area contributed by atoms with Gasteiger partial charge < -0.3 is 14.8 Å². The Bertz CT molecular complexity index is 1020. The molecule has 0 bridgehead atoms. The van der Waals surface area contributed by atoms with E-state index in [1.54, 1.807) is 0 Å². The monoisotopic (exact) mass is 451 g/mol. The van der Waals surface area contributed by atoms with Crippen LogP contribution in [0.5, 0.6) is 5.75 Å². The van der Waals surface area contributed by atoms with Crippen molar-refractivity contribution in [1.82, 2.24) is 15.2 Å². The van der Waals surface area contributed by atoms with Gasteiger partial charge in [0.2, 0.25) is 0 Å². The van der Waals surface area contributed by atoms with Crippen molar-refractivity contribution in [3.63, 3.8) is 0 Å². The molecule has 168 valence electrons. The number of thiazole rings is 1. The number of ether oxygens (including phenoxy) is 2. The second kappa shape index (κ2) is 10.7. The Hall–Kier alpha value is -2.74. The molecule has 1 fully saturated rings. The number of nitrogens with zero attached hydrogens (tertiary/aromatic N) is 2. The van der Waals surface area contributed by atoms with E-state index in [4.69, 9.17) is 9.47 Å². The van der Waals surface area contributed by atoms with Gasteiger partial charge in [-0.3, -0.25) is 9.69 Å². The lowest BCUT2D eigenvalue weighted by molar-refractivity contribution is -0.0292. The maximum absolute atomic E-state index is 12.8. The summed E-state index contributed by atoms with van der Waals surface area (Å²) in [5.74, 6) is 0.689. The number of rotatable bonds is 8. The first-order valence-corrected chi connectivity index (χ1v) is 11.7. The van der Waals surface area contributed by atoms with E-state index in [9.17, 15) is 4.79 Å². The first-order chi connectivity index (χ1) is 15.6. The van der Waals surface area contributed by atoms with Crippen molar-refractivity contribution in [2.45, 2.75) is 33.1 Å². The fraction of sp³-hybridized carbons (Fsp3) is 0.360. The number of aromatic nitrogens is 1. The molecule has 0 saturated carbocycles. The Balaban J connectivity index is 1.26. The van der Waals surface area contributed by atoms with E-state index >= 15 is 0 Å². The number of hydrogen-bond acceptors (Lipinski definition) is 6. The Morgan fingerprint density at radius 2 is 1.97 bits per heavy atom. The highest BCUT2D eigenvalue weighted by molar-refractivity contribution is 7.13. The molecule has 7 heteroatoms. The Labute approximate surface area is 193 Å². The van der Waals surface area contributed by atoms with Crippen molar-refractivity contribution in [2.24, 2.45) is 0 Å². The van der Waals surface area contributed by atoms with Crippen molar-refractivity contribution in [2.75, 3.05) is 26.2 Å². The van der Waals surface area contributed by atoms with E-state index in [1.165, 1.54) is 22.5 Å². The molecule has 1 aliphatic heterocycles. The Kier molecular flexibility index (Phi) is 7.52. The predicted octanol–water partition coefficient (Wildman–Crippen LogP) is 3.97. The number of aryl methyl sites for hydroxylation is 2. The first kappa shape index (κ1) is 22.5. The normalized spacial score (nSPS) is 16.6. The smallest absolute Gasteiger partial charge is 0.263 e. The molecule has 3 aromatic rings. The molecule has 0 spiro atoms. The highest BCUT2D eigenvalue weighted by Crippen LogP contribution is 2.21. The van der Waals surface area contributed by atoms with Crippen molar-refractivity contribution < 1.29 is 14.3 Å². The van der Waals surface area contributed by atoms with E-state index in [1.807, 2.05) is 44.2 Å². The minimum atomic E-state index is -0.106. The molecule has 6 nitrogen and oxygen atoms in total. The number of carbonyl (C=O) groups is 1. The van der Waals surface area contributed by atoms with Gasteiger partial charge in [0, 0.05) is 26.2 Å². The Morgan fingerprint density at radius 1 is 1.19 bits per heavy atom. The van der Waals surface area contributed by atoms with Crippen LogP contribution in [0.25, 0.3) is 0 Å². The van der Waals surface area contributed by atoms with Crippen LogP contribution in [0.1, 0.15) is 31.5 Å². The summed E-state index contributed by atoms with van der Waals surface area (Å²) in [6, 6.07) is 18.3. The van der Waals surface area contributed by atoms with Gasteiger partial charge in [-0.25, -0.2) is 4.98 Å².